The summed E-state index contributed by atoms with van der Waals surface area (Å²) in [6, 6.07) is 25.8. The van der Waals surface area contributed by atoms with Crippen molar-refractivity contribution in [2.24, 2.45) is 0 Å². The second-order valence-corrected chi connectivity index (χ2v) is 19.0. The first-order valence-corrected chi connectivity index (χ1v) is 23.4. The SMILES string of the molecule is CCc1nc2c(C(F)(F)F)ccnn2c1-c1cccc(Oc2cccc(S(=O)(=O)CCc3cc(C(F)(F)F)c4nc(CC)c(-c5cccc(Oc6cccc(S(C)(=O)=O)c6)c5)n4n3)c2)c1. The third-order valence-electron chi connectivity index (χ3n) is 10.3. The van der Waals surface area contributed by atoms with Crippen molar-refractivity contribution >= 4 is 31.0 Å². The molecule has 0 N–H and O–H groups in total. The van der Waals surface area contributed by atoms with E-state index in [-0.39, 0.29) is 61.9 Å². The van der Waals surface area contributed by atoms with E-state index in [0.29, 0.717) is 28.9 Å². The highest BCUT2D eigenvalue weighted by atomic mass is 32.2. The molecule has 0 amide bonds. The smallest absolute Gasteiger partial charge is 0.420 e. The highest BCUT2D eigenvalue weighted by molar-refractivity contribution is 7.91. The number of fused-ring (bicyclic) bond motifs is 2. The molecule has 0 atom stereocenters. The second-order valence-electron chi connectivity index (χ2n) is 14.8. The van der Waals surface area contributed by atoms with Crippen molar-refractivity contribution < 1.29 is 52.7 Å². The number of alkyl halides is 6. The number of imidazole rings is 2. The lowest BCUT2D eigenvalue weighted by atomic mass is 10.1. The van der Waals surface area contributed by atoms with Gasteiger partial charge in [0.05, 0.1) is 44.0 Å². The Morgan fingerprint density at radius 3 is 1.58 bits per heavy atom. The van der Waals surface area contributed by atoms with Gasteiger partial charge >= 0.3 is 12.4 Å². The Morgan fingerprint density at radius 1 is 0.585 bits per heavy atom. The van der Waals surface area contributed by atoms with Crippen LogP contribution in [-0.4, -0.2) is 58.0 Å². The Hall–Kier alpha value is -6.80. The number of halogens is 6. The maximum Gasteiger partial charge on any atom is 0.420 e. The van der Waals surface area contributed by atoms with Crippen LogP contribution in [0.4, 0.5) is 26.3 Å². The van der Waals surface area contributed by atoms with Gasteiger partial charge in [-0.3, -0.25) is 0 Å². The summed E-state index contributed by atoms with van der Waals surface area (Å²) in [6.07, 6.45) is -7.38. The quantitative estimate of drug-likeness (QED) is 0.102. The van der Waals surface area contributed by atoms with Crippen molar-refractivity contribution in [3.8, 4) is 45.5 Å². The number of aryl methyl sites for hydroxylation is 3. The second kappa shape index (κ2) is 17.0. The van der Waals surface area contributed by atoms with E-state index in [4.69, 9.17) is 9.47 Å². The molecule has 0 radical (unpaired) electrons. The molecule has 8 rings (SSSR count). The van der Waals surface area contributed by atoms with Crippen molar-refractivity contribution in [3.63, 3.8) is 0 Å². The third kappa shape index (κ3) is 9.26. The van der Waals surface area contributed by atoms with Crippen molar-refractivity contribution in [1.82, 2.24) is 29.2 Å². The van der Waals surface area contributed by atoms with Crippen LogP contribution in [0.15, 0.2) is 125 Å². The zero-order chi connectivity index (χ0) is 46.5. The van der Waals surface area contributed by atoms with Crippen molar-refractivity contribution in [1.29, 1.82) is 0 Å². The largest absolute Gasteiger partial charge is 0.457 e. The van der Waals surface area contributed by atoms with Gasteiger partial charge in [-0.15, -0.1) is 0 Å². The van der Waals surface area contributed by atoms with Crippen LogP contribution in [0.2, 0.25) is 0 Å². The van der Waals surface area contributed by atoms with Crippen molar-refractivity contribution in [2.75, 3.05) is 12.0 Å². The van der Waals surface area contributed by atoms with Crippen LogP contribution < -0.4 is 9.47 Å². The minimum atomic E-state index is -4.89. The molecule has 65 heavy (non-hydrogen) atoms. The number of benzene rings is 4. The Labute approximate surface area is 368 Å². The molecule has 0 aliphatic rings. The molecule has 4 aromatic heterocycles. The van der Waals surface area contributed by atoms with Gasteiger partial charge in [0.1, 0.15) is 34.1 Å². The van der Waals surface area contributed by atoms with E-state index >= 15 is 0 Å². The summed E-state index contributed by atoms with van der Waals surface area (Å²) < 4.78 is 151. The Kier molecular flexibility index (Phi) is 11.7. The minimum absolute atomic E-state index is 0.0316. The number of hydrogen-bond donors (Lipinski definition) is 0. The molecule has 4 aromatic carbocycles. The van der Waals surface area contributed by atoms with E-state index in [1.165, 1.54) is 42.5 Å². The average Bonchev–Trinajstić information content (AvgIpc) is 3.83. The van der Waals surface area contributed by atoms with Crippen LogP contribution in [0, 0.1) is 0 Å². The number of ether oxygens (including phenoxy) is 2. The zero-order valence-electron chi connectivity index (χ0n) is 34.5. The number of aromatic nitrogens is 6. The molecule has 0 unspecified atom stereocenters. The van der Waals surface area contributed by atoms with Gasteiger partial charge in [0.2, 0.25) is 0 Å². The number of rotatable bonds is 13. The molecule has 8 aromatic rings. The van der Waals surface area contributed by atoms with Gasteiger partial charge in [-0.2, -0.15) is 36.5 Å². The Bertz CT molecular complexity index is 3350. The fourth-order valence-corrected chi connectivity index (χ4v) is 9.22. The summed E-state index contributed by atoms with van der Waals surface area (Å²) >= 11 is 0. The summed E-state index contributed by atoms with van der Waals surface area (Å²) in [5.41, 5.74) is -1.07. The summed E-state index contributed by atoms with van der Waals surface area (Å²) in [6.45, 7) is 3.46. The molecule has 0 saturated heterocycles. The Balaban J connectivity index is 1.07. The van der Waals surface area contributed by atoms with E-state index in [1.807, 2.05) is 0 Å². The first-order valence-electron chi connectivity index (χ1n) is 19.9. The highest BCUT2D eigenvalue weighted by Gasteiger charge is 2.37. The van der Waals surface area contributed by atoms with Crippen molar-refractivity contribution in [3.05, 3.63) is 144 Å². The normalized spacial score (nSPS) is 12.6. The zero-order valence-corrected chi connectivity index (χ0v) is 36.1. The van der Waals surface area contributed by atoms with Gasteiger partial charge in [0.25, 0.3) is 0 Å². The predicted molar refractivity (Wildman–Crippen MR) is 228 cm³/mol. The monoisotopic (exact) mass is 934 g/mol. The summed E-state index contributed by atoms with van der Waals surface area (Å²) in [7, 11) is -7.71. The third-order valence-corrected chi connectivity index (χ3v) is 13.1. The van der Waals surface area contributed by atoms with Gasteiger partial charge in [-0.05, 0) is 85.6 Å². The molecule has 12 nitrogen and oxygen atoms in total. The summed E-state index contributed by atoms with van der Waals surface area (Å²) in [4.78, 5) is 8.40. The van der Waals surface area contributed by atoms with Crippen molar-refractivity contribution in [2.45, 2.75) is 55.3 Å². The molecular weight excluding hydrogens is 899 g/mol. The van der Waals surface area contributed by atoms with Crippen LogP contribution in [0.5, 0.6) is 23.0 Å². The topological polar surface area (TPSA) is 147 Å². The van der Waals surface area contributed by atoms with E-state index in [1.54, 1.807) is 68.4 Å². The molecule has 4 heterocycles. The lowest BCUT2D eigenvalue weighted by Gasteiger charge is -2.13. The fraction of sp³-hybridized carbons (Fsp3) is 0.200. The van der Waals surface area contributed by atoms with E-state index < -0.39 is 61.0 Å². The Morgan fingerprint density at radius 2 is 1.06 bits per heavy atom. The number of hydrogen-bond acceptors (Lipinski definition) is 10. The fourth-order valence-electron chi connectivity index (χ4n) is 7.27. The first kappa shape index (κ1) is 44.8. The summed E-state index contributed by atoms with van der Waals surface area (Å²) in [5.74, 6) is 0.142. The lowest BCUT2D eigenvalue weighted by Crippen LogP contribution is -2.15. The maximum absolute atomic E-state index is 14.7. The number of sulfone groups is 2. The predicted octanol–water partition coefficient (Wildman–Crippen LogP) is 10.3. The molecule has 0 bridgehead atoms. The van der Waals surface area contributed by atoms with Gasteiger partial charge in [0, 0.05) is 30.0 Å². The van der Waals surface area contributed by atoms with Gasteiger partial charge in [-0.25, -0.2) is 35.8 Å². The van der Waals surface area contributed by atoms with Crippen LogP contribution in [-0.2, 0) is 51.3 Å². The highest BCUT2D eigenvalue weighted by Crippen LogP contribution is 2.39. The number of nitrogens with zero attached hydrogens (tertiary/aromatic N) is 6. The molecule has 0 spiro atoms. The summed E-state index contributed by atoms with van der Waals surface area (Å²) in [5, 5.41) is 8.62. The van der Waals surface area contributed by atoms with Gasteiger partial charge in [0.15, 0.2) is 31.0 Å². The minimum Gasteiger partial charge on any atom is -0.457 e. The van der Waals surface area contributed by atoms with Crippen LogP contribution in [0.3, 0.4) is 0 Å². The van der Waals surface area contributed by atoms with Crippen LogP contribution in [0.25, 0.3) is 33.8 Å². The average molecular weight is 935 g/mol. The van der Waals surface area contributed by atoms with E-state index in [9.17, 15) is 43.2 Å². The van der Waals surface area contributed by atoms with E-state index in [0.717, 1.165) is 33.6 Å². The first-order chi connectivity index (χ1) is 30.7. The molecule has 0 aliphatic carbocycles. The van der Waals surface area contributed by atoms with E-state index in [2.05, 4.69) is 20.2 Å². The standard InChI is InChI=1S/C45H36F6N6O6S2/c1-4-38-40(56-42(53-38)36(18-20-52-56)44(46,47)48)27-10-6-12-30(22-27)63-33-15-9-17-35(26-33)65(60,61)21-19-29-24-37(45(49,50)51)43-54-39(5-2)41(57(43)55-29)28-11-7-13-31(23-28)62-32-14-8-16-34(25-32)64(3,58)59/h6-18,20,22-26H,4-5,19,21H2,1-3H3. The lowest BCUT2D eigenvalue weighted by molar-refractivity contribution is -0.137. The molecule has 0 fully saturated rings. The van der Waals surface area contributed by atoms with Crippen LogP contribution >= 0.6 is 0 Å². The molecule has 20 heteroatoms. The molecular formula is C45H36F6N6O6S2. The van der Waals surface area contributed by atoms with Gasteiger partial charge in [-0.1, -0.05) is 50.2 Å². The van der Waals surface area contributed by atoms with Gasteiger partial charge < -0.3 is 9.47 Å². The molecule has 0 aliphatic heterocycles. The molecule has 0 saturated carbocycles. The van der Waals surface area contributed by atoms with Crippen LogP contribution in [0.1, 0.15) is 42.1 Å². The molecule has 336 valence electrons. The maximum atomic E-state index is 14.7.